The first kappa shape index (κ1) is 18.0. The zero-order chi connectivity index (χ0) is 18.7. The third-order valence-electron chi connectivity index (χ3n) is 4.10. The molecule has 26 heavy (non-hydrogen) atoms. The van der Waals surface area contributed by atoms with Crippen LogP contribution in [-0.2, 0) is 4.74 Å². The number of ether oxygens (including phenoxy) is 2. The number of esters is 1. The monoisotopic (exact) mass is 370 g/mol. The number of hydrogen-bond donors (Lipinski definition) is 1. The van der Waals surface area contributed by atoms with Gasteiger partial charge in [-0.15, -0.1) is 0 Å². The number of rotatable bonds is 5. The molecule has 0 radical (unpaired) electrons. The van der Waals surface area contributed by atoms with Crippen LogP contribution in [0.4, 0.5) is 11.4 Å². The number of nitrogens with zero attached hydrogens (tertiary/aromatic N) is 1. The number of pyridine rings is 1. The van der Waals surface area contributed by atoms with E-state index in [1.54, 1.807) is 14.0 Å². The fraction of sp³-hybridized carbons (Fsp3) is 0.200. The fourth-order valence-corrected chi connectivity index (χ4v) is 2.91. The van der Waals surface area contributed by atoms with Gasteiger partial charge in [0.25, 0.3) is 0 Å². The lowest BCUT2D eigenvalue weighted by Gasteiger charge is -2.17. The van der Waals surface area contributed by atoms with E-state index >= 15 is 0 Å². The molecule has 134 valence electrons. The Morgan fingerprint density at radius 2 is 2.00 bits per heavy atom. The van der Waals surface area contributed by atoms with Crippen molar-refractivity contribution in [3.8, 4) is 5.75 Å². The Hall–Kier alpha value is -2.79. The zero-order valence-electron chi connectivity index (χ0n) is 14.8. The van der Waals surface area contributed by atoms with Gasteiger partial charge in [-0.2, -0.15) is 0 Å². The lowest BCUT2D eigenvalue weighted by molar-refractivity contribution is 0.0527. The minimum atomic E-state index is -0.438. The summed E-state index contributed by atoms with van der Waals surface area (Å²) in [7, 11) is 1.59. The Balaban J connectivity index is 2.23. The zero-order valence-corrected chi connectivity index (χ0v) is 15.6. The van der Waals surface area contributed by atoms with Crippen LogP contribution in [-0.4, -0.2) is 24.7 Å². The lowest BCUT2D eigenvalue weighted by Crippen LogP contribution is -2.10. The van der Waals surface area contributed by atoms with Gasteiger partial charge in [-0.25, -0.2) is 4.79 Å². The quantitative estimate of drug-likeness (QED) is 0.631. The van der Waals surface area contributed by atoms with Crippen LogP contribution < -0.4 is 10.1 Å². The van der Waals surface area contributed by atoms with Crippen LogP contribution in [0.3, 0.4) is 0 Å². The summed E-state index contributed by atoms with van der Waals surface area (Å²) in [5.74, 6) is 0.190. The van der Waals surface area contributed by atoms with Gasteiger partial charge in [0.1, 0.15) is 16.8 Å². The van der Waals surface area contributed by atoms with Crippen LogP contribution in [0, 0.1) is 6.92 Å². The van der Waals surface area contributed by atoms with Gasteiger partial charge in [-0.05, 0) is 37.6 Å². The Morgan fingerprint density at radius 3 is 2.73 bits per heavy atom. The van der Waals surface area contributed by atoms with E-state index in [1.807, 2.05) is 43.3 Å². The van der Waals surface area contributed by atoms with E-state index in [2.05, 4.69) is 10.3 Å². The highest BCUT2D eigenvalue weighted by atomic mass is 35.5. The number of carbonyl (C=O) groups is 1. The van der Waals surface area contributed by atoms with E-state index < -0.39 is 5.97 Å². The first-order valence-corrected chi connectivity index (χ1v) is 8.59. The molecule has 0 atom stereocenters. The lowest BCUT2D eigenvalue weighted by atomic mass is 10.1. The molecule has 0 unspecified atom stereocenters. The summed E-state index contributed by atoms with van der Waals surface area (Å²) < 4.78 is 10.6. The van der Waals surface area contributed by atoms with E-state index in [0.717, 1.165) is 16.6 Å². The Labute approximate surface area is 156 Å². The average molecular weight is 371 g/mol. The number of hydrogen-bond acceptors (Lipinski definition) is 5. The molecule has 1 heterocycles. The van der Waals surface area contributed by atoms with Crippen molar-refractivity contribution in [1.82, 2.24) is 4.98 Å². The second-order valence-electron chi connectivity index (χ2n) is 5.66. The van der Waals surface area contributed by atoms with Gasteiger partial charge in [0.2, 0.25) is 0 Å². The number of para-hydroxylation sites is 1. The molecule has 6 heteroatoms. The molecule has 5 nitrogen and oxygen atoms in total. The maximum absolute atomic E-state index is 12.4. The second kappa shape index (κ2) is 7.62. The highest BCUT2D eigenvalue weighted by Crippen LogP contribution is 2.35. The molecule has 1 N–H and O–H groups in total. The minimum Gasteiger partial charge on any atom is -0.494 e. The van der Waals surface area contributed by atoms with Crippen molar-refractivity contribution in [2.45, 2.75) is 13.8 Å². The van der Waals surface area contributed by atoms with Crippen LogP contribution >= 0.6 is 11.6 Å². The Kier molecular flexibility index (Phi) is 5.28. The van der Waals surface area contributed by atoms with Crippen LogP contribution in [0.1, 0.15) is 22.8 Å². The summed E-state index contributed by atoms with van der Waals surface area (Å²) in [4.78, 5) is 16.9. The molecule has 0 amide bonds. The van der Waals surface area contributed by atoms with Crippen molar-refractivity contribution in [3.05, 3.63) is 58.7 Å². The van der Waals surface area contributed by atoms with Crippen molar-refractivity contribution in [2.24, 2.45) is 0 Å². The van der Waals surface area contributed by atoms with Gasteiger partial charge < -0.3 is 14.8 Å². The molecule has 0 spiro atoms. The summed E-state index contributed by atoms with van der Waals surface area (Å²) in [6.07, 6.45) is 1.51. The summed E-state index contributed by atoms with van der Waals surface area (Å²) in [5, 5.41) is 4.74. The predicted octanol–water partition coefficient (Wildman–Crippen LogP) is 5.13. The smallest absolute Gasteiger partial charge is 0.341 e. The van der Waals surface area contributed by atoms with Crippen LogP contribution in [0.5, 0.6) is 5.75 Å². The summed E-state index contributed by atoms with van der Waals surface area (Å²) >= 11 is 6.23. The van der Waals surface area contributed by atoms with Gasteiger partial charge in [-0.3, -0.25) is 4.98 Å². The van der Waals surface area contributed by atoms with Crippen molar-refractivity contribution < 1.29 is 14.3 Å². The molecule has 0 bridgehead atoms. The molecule has 3 rings (SSSR count). The Morgan fingerprint density at radius 1 is 1.23 bits per heavy atom. The predicted molar refractivity (Wildman–Crippen MR) is 104 cm³/mol. The standard InChI is InChI=1S/C20H19ClN2O3/c1-4-26-20(24)14-11-22-19-13(7-5-10-17(19)25-3)18(14)23-16-9-6-8-15(21)12(16)2/h5-11H,4H2,1-3H3,(H,22,23). The molecule has 0 saturated carbocycles. The SMILES string of the molecule is CCOC(=O)c1cnc2c(OC)cccc2c1Nc1cccc(Cl)c1C. The number of benzene rings is 2. The van der Waals surface area contributed by atoms with E-state index in [4.69, 9.17) is 21.1 Å². The molecule has 0 aliphatic carbocycles. The second-order valence-corrected chi connectivity index (χ2v) is 6.07. The molecule has 0 aliphatic heterocycles. The topological polar surface area (TPSA) is 60.5 Å². The molecule has 0 saturated heterocycles. The third kappa shape index (κ3) is 3.30. The minimum absolute atomic E-state index is 0.282. The van der Waals surface area contributed by atoms with Crippen molar-refractivity contribution in [2.75, 3.05) is 19.0 Å². The van der Waals surface area contributed by atoms with Crippen molar-refractivity contribution in [1.29, 1.82) is 0 Å². The molecule has 0 fully saturated rings. The molecule has 0 aliphatic rings. The normalized spacial score (nSPS) is 10.6. The van der Waals surface area contributed by atoms with Crippen molar-refractivity contribution in [3.63, 3.8) is 0 Å². The van der Waals surface area contributed by atoms with Crippen molar-refractivity contribution >= 4 is 39.8 Å². The highest BCUT2D eigenvalue weighted by Gasteiger charge is 2.19. The third-order valence-corrected chi connectivity index (χ3v) is 4.51. The van der Waals surface area contributed by atoms with Gasteiger partial charge in [-0.1, -0.05) is 29.8 Å². The van der Waals surface area contributed by atoms with Gasteiger partial charge >= 0.3 is 5.97 Å². The number of halogens is 1. The molecular weight excluding hydrogens is 352 g/mol. The van der Waals surface area contributed by atoms with Crippen LogP contribution in [0.15, 0.2) is 42.6 Å². The molecular formula is C20H19ClN2O3. The van der Waals surface area contributed by atoms with Crippen LogP contribution in [0.2, 0.25) is 5.02 Å². The van der Waals surface area contributed by atoms with E-state index in [-0.39, 0.29) is 6.61 Å². The van der Waals surface area contributed by atoms with Gasteiger partial charge in [0.05, 0.1) is 19.4 Å². The van der Waals surface area contributed by atoms with Gasteiger partial charge in [0.15, 0.2) is 0 Å². The number of fused-ring (bicyclic) bond motifs is 1. The molecule has 2 aromatic carbocycles. The van der Waals surface area contributed by atoms with E-state index in [9.17, 15) is 4.79 Å². The average Bonchev–Trinajstić information content (AvgIpc) is 2.65. The van der Waals surface area contributed by atoms with Gasteiger partial charge in [0, 0.05) is 22.3 Å². The number of methoxy groups -OCH3 is 1. The van der Waals surface area contributed by atoms with E-state index in [1.165, 1.54) is 6.20 Å². The summed E-state index contributed by atoms with van der Waals surface area (Å²) in [5.41, 5.74) is 3.31. The van der Waals surface area contributed by atoms with Crippen LogP contribution in [0.25, 0.3) is 10.9 Å². The first-order valence-electron chi connectivity index (χ1n) is 8.21. The van der Waals surface area contributed by atoms with E-state index in [0.29, 0.717) is 27.5 Å². The highest BCUT2D eigenvalue weighted by molar-refractivity contribution is 6.31. The number of nitrogens with one attached hydrogen (secondary N) is 1. The largest absolute Gasteiger partial charge is 0.494 e. The number of anilines is 2. The maximum Gasteiger partial charge on any atom is 0.341 e. The summed E-state index contributed by atoms with van der Waals surface area (Å²) in [6, 6.07) is 11.1. The fourth-order valence-electron chi connectivity index (χ4n) is 2.74. The number of carbonyl (C=O) groups excluding carboxylic acids is 1. The molecule has 1 aromatic heterocycles. The number of aromatic nitrogens is 1. The summed E-state index contributed by atoms with van der Waals surface area (Å²) in [6.45, 7) is 3.97. The Bertz CT molecular complexity index is 973. The molecule has 3 aromatic rings. The first-order chi connectivity index (χ1) is 12.6. The maximum atomic E-state index is 12.4.